The molecule has 0 spiro atoms. The van der Waals surface area contributed by atoms with Crippen LogP contribution in [0.4, 0.5) is 18.9 Å². The zero-order valence-corrected chi connectivity index (χ0v) is 10.7. The van der Waals surface area contributed by atoms with Crippen molar-refractivity contribution >= 4 is 23.2 Å². The van der Waals surface area contributed by atoms with Crippen molar-refractivity contribution in [2.75, 3.05) is 5.32 Å². The molecule has 2 aromatic rings. The van der Waals surface area contributed by atoms with Gasteiger partial charge in [0.15, 0.2) is 0 Å². The molecule has 1 N–H and O–H groups in total. The number of hydrogen-bond donors (Lipinski definition) is 1. The highest BCUT2D eigenvalue weighted by Crippen LogP contribution is 2.29. The number of amides is 1. The van der Waals surface area contributed by atoms with Gasteiger partial charge in [0.05, 0.1) is 10.6 Å². The van der Waals surface area contributed by atoms with Crippen LogP contribution in [0.2, 0.25) is 5.02 Å². The van der Waals surface area contributed by atoms with Crippen LogP contribution in [0.25, 0.3) is 0 Å². The molecule has 0 aliphatic carbocycles. The number of carbonyl (C=O) groups excluding carboxylic acids is 1. The van der Waals surface area contributed by atoms with Gasteiger partial charge in [-0.3, -0.25) is 4.79 Å². The van der Waals surface area contributed by atoms with Crippen LogP contribution < -0.4 is 5.32 Å². The summed E-state index contributed by atoms with van der Waals surface area (Å²) in [6.07, 6.45) is -3.01. The van der Waals surface area contributed by atoms with E-state index < -0.39 is 17.6 Å². The van der Waals surface area contributed by atoms with Gasteiger partial charge in [0.1, 0.15) is 5.69 Å². The van der Waals surface area contributed by atoms with Crippen LogP contribution in [0.5, 0.6) is 0 Å². The van der Waals surface area contributed by atoms with Gasteiger partial charge in [-0.25, -0.2) is 4.98 Å². The number of hydrogen-bond acceptors (Lipinski definition) is 2. The van der Waals surface area contributed by atoms with Crippen molar-refractivity contribution in [3.63, 3.8) is 0 Å². The number of halogens is 4. The van der Waals surface area contributed by atoms with E-state index in [1.165, 1.54) is 12.3 Å². The number of benzene rings is 1. The highest BCUT2D eigenvalue weighted by atomic mass is 35.5. The zero-order chi connectivity index (χ0) is 14.8. The predicted octanol–water partition coefficient (Wildman–Crippen LogP) is 4.01. The summed E-state index contributed by atoms with van der Waals surface area (Å²) in [5, 5.41) is 2.59. The fourth-order valence-corrected chi connectivity index (χ4v) is 1.69. The average Bonchev–Trinajstić information content (AvgIpc) is 2.38. The summed E-state index contributed by atoms with van der Waals surface area (Å²) in [4.78, 5) is 15.6. The third-order valence-corrected chi connectivity index (χ3v) is 2.75. The van der Waals surface area contributed by atoms with Crippen molar-refractivity contribution in [3.8, 4) is 0 Å². The molecule has 2 rings (SSSR count). The summed E-state index contributed by atoms with van der Waals surface area (Å²) >= 11 is 5.80. The van der Waals surface area contributed by atoms with Gasteiger partial charge < -0.3 is 5.32 Å². The zero-order valence-electron chi connectivity index (χ0n) is 9.91. The maximum atomic E-state index is 12.4. The normalized spacial score (nSPS) is 11.2. The quantitative estimate of drug-likeness (QED) is 0.910. The minimum atomic E-state index is -4.41. The second-order valence-corrected chi connectivity index (χ2v) is 4.27. The van der Waals surface area contributed by atoms with E-state index in [9.17, 15) is 18.0 Å². The third kappa shape index (κ3) is 3.27. The van der Waals surface area contributed by atoms with Crippen LogP contribution in [0, 0.1) is 0 Å². The molecule has 0 bridgehead atoms. The molecular weight excluding hydrogens is 293 g/mol. The second-order valence-electron chi connectivity index (χ2n) is 3.86. The first-order valence-corrected chi connectivity index (χ1v) is 5.85. The van der Waals surface area contributed by atoms with E-state index in [0.29, 0.717) is 0 Å². The third-order valence-electron chi connectivity index (χ3n) is 2.44. The number of pyridine rings is 1. The molecule has 0 aliphatic heterocycles. The number of nitrogens with zero attached hydrogens (tertiary/aromatic N) is 1. The summed E-state index contributed by atoms with van der Waals surface area (Å²) in [6.45, 7) is 0. The minimum absolute atomic E-state index is 0.00839. The number of rotatable bonds is 2. The molecule has 0 fully saturated rings. The van der Waals surface area contributed by atoms with Crippen molar-refractivity contribution in [2.45, 2.75) is 6.18 Å². The fraction of sp³-hybridized carbons (Fsp3) is 0.0769. The molecule has 20 heavy (non-hydrogen) atoms. The molecule has 7 heteroatoms. The molecule has 0 atom stereocenters. The lowest BCUT2D eigenvalue weighted by Crippen LogP contribution is -2.14. The summed E-state index contributed by atoms with van der Waals surface area (Å²) in [6, 6.07) is 7.16. The lowest BCUT2D eigenvalue weighted by molar-refractivity contribution is -0.137. The fourth-order valence-electron chi connectivity index (χ4n) is 1.49. The van der Waals surface area contributed by atoms with Crippen LogP contribution in [-0.4, -0.2) is 10.9 Å². The number of aromatic nitrogens is 1. The van der Waals surface area contributed by atoms with Crippen LogP contribution in [0.1, 0.15) is 16.1 Å². The van der Waals surface area contributed by atoms with E-state index in [2.05, 4.69) is 10.3 Å². The van der Waals surface area contributed by atoms with E-state index >= 15 is 0 Å². The van der Waals surface area contributed by atoms with E-state index in [4.69, 9.17) is 11.6 Å². The Hall–Kier alpha value is -2.08. The summed E-state index contributed by atoms with van der Waals surface area (Å²) in [5.41, 5.74) is -0.551. The largest absolute Gasteiger partial charge is 0.416 e. The van der Waals surface area contributed by atoms with Crippen LogP contribution in [-0.2, 0) is 6.18 Å². The predicted molar refractivity (Wildman–Crippen MR) is 68.6 cm³/mol. The Balaban J connectivity index is 2.15. The molecular formula is C13H8ClF3N2O. The first-order valence-electron chi connectivity index (χ1n) is 5.47. The van der Waals surface area contributed by atoms with Crippen molar-refractivity contribution in [3.05, 3.63) is 58.9 Å². The van der Waals surface area contributed by atoms with Gasteiger partial charge in [-0.1, -0.05) is 11.6 Å². The molecule has 1 aromatic carbocycles. The first-order chi connectivity index (χ1) is 9.38. The lowest BCUT2D eigenvalue weighted by Gasteiger charge is -2.09. The monoisotopic (exact) mass is 300 g/mol. The van der Waals surface area contributed by atoms with E-state index in [1.807, 2.05) is 0 Å². The number of nitrogens with one attached hydrogen (secondary N) is 1. The molecule has 0 saturated carbocycles. The first kappa shape index (κ1) is 14.3. The van der Waals surface area contributed by atoms with Crippen molar-refractivity contribution < 1.29 is 18.0 Å². The van der Waals surface area contributed by atoms with Gasteiger partial charge in [0.25, 0.3) is 5.91 Å². The Morgan fingerprint density at radius 2 is 1.80 bits per heavy atom. The van der Waals surface area contributed by atoms with E-state index in [0.717, 1.165) is 24.3 Å². The van der Waals surface area contributed by atoms with Crippen LogP contribution >= 0.6 is 11.6 Å². The SMILES string of the molecule is O=C(Nc1ccc(C(F)(F)F)cc1)c1ncccc1Cl. The summed E-state index contributed by atoms with van der Waals surface area (Å²) in [7, 11) is 0. The van der Waals surface area contributed by atoms with Crippen LogP contribution in [0.3, 0.4) is 0 Å². The van der Waals surface area contributed by atoms with Gasteiger partial charge in [0.2, 0.25) is 0 Å². The number of carbonyl (C=O) groups is 1. The average molecular weight is 301 g/mol. The molecule has 0 radical (unpaired) electrons. The lowest BCUT2D eigenvalue weighted by atomic mass is 10.2. The molecule has 1 amide bonds. The highest BCUT2D eigenvalue weighted by Gasteiger charge is 2.30. The smallest absolute Gasteiger partial charge is 0.321 e. The maximum absolute atomic E-state index is 12.4. The Morgan fingerprint density at radius 1 is 1.15 bits per heavy atom. The molecule has 0 unspecified atom stereocenters. The number of anilines is 1. The van der Waals surface area contributed by atoms with Gasteiger partial charge in [-0.15, -0.1) is 0 Å². The second kappa shape index (κ2) is 5.50. The van der Waals surface area contributed by atoms with Crippen molar-refractivity contribution in [1.29, 1.82) is 0 Å². The van der Waals surface area contributed by atoms with E-state index in [-0.39, 0.29) is 16.4 Å². The van der Waals surface area contributed by atoms with Gasteiger partial charge >= 0.3 is 6.18 Å². The topological polar surface area (TPSA) is 42.0 Å². The van der Waals surface area contributed by atoms with Crippen molar-refractivity contribution in [1.82, 2.24) is 4.98 Å². The molecule has 104 valence electrons. The summed E-state index contributed by atoms with van der Waals surface area (Å²) in [5.74, 6) is -0.588. The Labute approximate surface area is 117 Å². The van der Waals surface area contributed by atoms with Crippen LogP contribution in [0.15, 0.2) is 42.6 Å². The van der Waals surface area contributed by atoms with E-state index in [1.54, 1.807) is 6.07 Å². The van der Waals surface area contributed by atoms with Gasteiger partial charge in [0, 0.05) is 11.9 Å². The Kier molecular flexibility index (Phi) is 3.94. The molecule has 0 aliphatic rings. The van der Waals surface area contributed by atoms with Crippen molar-refractivity contribution in [2.24, 2.45) is 0 Å². The van der Waals surface area contributed by atoms with Gasteiger partial charge in [-0.05, 0) is 36.4 Å². The summed E-state index contributed by atoms with van der Waals surface area (Å²) < 4.78 is 37.2. The number of alkyl halides is 3. The Bertz CT molecular complexity index is 626. The standard InChI is InChI=1S/C13H8ClF3N2O/c14-10-2-1-7-18-11(10)12(20)19-9-5-3-8(4-6-9)13(15,16)17/h1-7H,(H,19,20). The molecule has 1 heterocycles. The highest BCUT2D eigenvalue weighted by molar-refractivity contribution is 6.34. The molecule has 3 nitrogen and oxygen atoms in total. The molecule has 1 aromatic heterocycles. The Morgan fingerprint density at radius 3 is 2.35 bits per heavy atom. The minimum Gasteiger partial charge on any atom is -0.321 e. The van der Waals surface area contributed by atoms with Gasteiger partial charge in [-0.2, -0.15) is 13.2 Å². The maximum Gasteiger partial charge on any atom is 0.416 e. The molecule has 0 saturated heterocycles.